The van der Waals surface area contributed by atoms with Crippen molar-refractivity contribution in [1.82, 2.24) is 4.98 Å². The lowest BCUT2D eigenvalue weighted by Crippen LogP contribution is -2.29. The number of thiophene rings is 1. The first-order valence-electron chi connectivity index (χ1n) is 6.04. The highest BCUT2D eigenvalue weighted by Gasteiger charge is 2.17. The van der Waals surface area contributed by atoms with Gasteiger partial charge in [-0.15, -0.1) is 11.3 Å². The van der Waals surface area contributed by atoms with Gasteiger partial charge in [0, 0.05) is 6.20 Å². The van der Waals surface area contributed by atoms with E-state index in [1.165, 1.54) is 0 Å². The van der Waals surface area contributed by atoms with Gasteiger partial charge in [0.05, 0.1) is 15.9 Å². The summed E-state index contributed by atoms with van der Waals surface area (Å²) in [6.07, 6.45) is 4.25. The van der Waals surface area contributed by atoms with Gasteiger partial charge in [0.2, 0.25) is 0 Å². The molecule has 0 radical (unpaired) electrons. The molecule has 4 nitrogen and oxygen atoms in total. The van der Waals surface area contributed by atoms with Gasteiger partial charge in [0.15, 0.2) is 0 Å². The third-order valence-electron chi connectivity index (χ3n) is 2.82. The second-order valence-electron chi connectivity index (χ2n) is 4.17. The molecule has 0 aliphatic carbocycles. The number of carboxylic acids is 1. The van der Waals surface area contributed by atoms with Crippen molar-refractivity contribution in [3.05, 3.63) is 23.7 Å². The average molecular weight is 264 g/mol. The highest BCUT2D eigenvalue weighted by Crippen LogP contribution is 2.27. The van der Waals surface area contributed by atoms with Crippen molar-refractivity contribution in [3.8, 4) is 0 Å². The van der Waals surface area contributed by atoms with E-state index in [-0.39, 0.29) is 0 Å². The van der Waals surface area contributed by atoms with E-state index in [2.05, 4.69) is 17.2 Å². The Kier molecular flexibility index (Phi) is 4.15. The van der Waals surface area contributed by atoms with Crippen LogP contribution >= 0.6 is 11.3 Å². The first-order chi connectivity index (χ1) is 8.72. The van der Waals surface area contributed by atoms with E-state index >= 15 is 0 Å². The van der Waals surface area contributed by atoms with Crippen LogP contribution in [-0.4, -0.2) is 22.1 Å². The summed E-state index contributed by atoms with van der Waals surface area (Å²) in [6, 6.07) is 3.24. The van der Waals surface area contributed by atoms with Crippen molar-refractivity contribution in [1.29, 1.82) is 0 Å². The Bertz CT molecular complexity index is 539. The van der Waals surface area contributed by atoms with Gasteiger partial charge < -0.3 is 10.4 Å². The average Bonchev–Trinajstić information content (AvgIpc) is 2.83. The summed E-state index contributed by atoms with van der Waals surface area (Å²) in [7, 11) is 0. The lowest BCUT2D eigenvalue weighted by Gasteiger charge is -2.15. The molecule has 1 atom stereocenters. The van der Waals surface area contributed by atoms with Gasteiger partial charge in [0.25, 0.3) is 0 Å². The molecule has 2 aromatic heterocycles. The molecular weight excluding hydrogens is 248 g/mol. The molecule has 2 rings (SSSR count). The van der Waals surface area contributed by atoms with E-state index < -0.39 is 12.0 Å². The molecule has 5 heteroatoms. The Morgan fingerprint density at radius 3 is 3.11 bits per heavy atom. The van der Waals surface area contributed by atoms with E-state index in [0.29, 0.717) is 6.42 Å². The van der Waals surface area contributed by atoms with Crippen molar-refractivity contribution in [2.24, 2.45) is 0 Å². The summed E-state index contributed by atoms with van der Waals surface area (Å²) in [5.74, 6) is -0.801. The minimum absolute atomic E-state index is 0.530. The number of aliphatic carboxylic acids is 1. The molecule has 0 unspecified atom stereocenters. The quantitative estimate of drug-likeness (QED) is 0.840. The molecule has 2 heterocycles. The molecule has 18 heavy (non-hydrogen) atoms. The molecule has 0 aliphatic rings. The molecule has 2 N–H and O–H groups in total. The van der Waals surface area contributed by atoms with E-state index in [9.17, 15) is 9.90 Å². The van der Waals surface area contributed by atoms with Gasteiger partial charge in [-0.05, 0) is 23.9 Å². The second kappa shape index (κ2) is 5.82. The standard InChI is InChI=1S/C13H16N2O2S/c1-2-3-4-11(13(16)17)15-10-5-7-14-9-6-8-18-12(9)10/h5-8,11H,2-4H2,1H3,(H,14,15)(H,16,17)/t11-/m0/s1. The predicted octanol–water partition coefficient (Wildman–Crippen LogP) is 3.35. The van der Waals surface area contributed by atoms with Crippen molar-refractivity contribution in [3.63, 3.8) is 0 Å². The Balaban J connectivity index is 2.20. The summed E-state index contributed by atoms with van der Waals surface area (Å²) in [4.78, 5) is 15.4. The van der Waals surface area contributed by atoms with E-state index in [4.69, 9.17) is 0 Å². The zero-order chi connectivity index (χ0) is 13.0. The Labute approximate surface area is 110 Å². The molecule has 0 bridgehead atoms. The normalized spacial score (nSPS) is 12.5. The topological polar surface area (TPSA) is 62.2 Å². The van der Waals surface area contributed by atoms with Crippen molar-refractivity contribution in [2.45, 2.75) is 32.2 Å². The smallest absolute Gasteiger partial charge is 0.326 e. The highest BCUT2D eigenvalue weighted by molar-refractivity contribution is 7.17. The number of pyridine rings is 1. The van der Waals surface area contributed by atoms with Crippen LogP contribution < -0.4 is 5.32 Å². The number of unbranched alkanes of at least 4 members (excludes halogenated alkanes) is 1. The fourth-order valence-electron chi connectivity index (χ4n) is 1.84. The van der Waals surface area contributed by atoms with Crippen molar-refractivity contribution < 1.29 is 9.90 Å². The predicted molar refractivity (Wildman–Crippen MR) is 74.2 cm³/mol. The molecule has 0 saturated carbocycles. The van der Waals surface area contributed by atoms with Crippen LogP contribution in [0, 0.1) is 0 Å². The van der Waals surface area contributed by atoms with Crippen molar-refractivity contribution >= 4 is 33.2 Å². The maximum atomic E-state index is 11.2. The number of hydrogen-bond donors (Lipinski definition) is 2. The van der Waals surface area contributed by atoms with Crippen LogP contribution in [0.3, 0.4) is 0 Å². The van der Waals surface area contributed by atoms with Gasteiger partial charge in [-0.3, -0.25) is 4.98 Å². The molecule has 0 fully saturated rings. The van der Waals surface area contributed by atoms with Crippen LogP contribution in [0.5, 0.6) is 0 Å². The van der Waals surface area contributed by atoms with Gasteiger partial charge in [-0.2, -0.15) is 0 Å². The van der Waals surface area contributed by atoms with Gasteiger partial charge >= 0.3 is 5.97 Å². The maximum Gasteiger partial charge on any atom is 0.326 e. The molecule has 0 amide bonds. The summed E-state index contributed by atoms with van der Waals surface area (Å²) in [6.45, 7) is 2.06. The number of carboxylic acid groups (broad SMARTS) is 1. The number of nitrogens with one attached hydrogen (secondary N) is 1. The van der Waals surface area contributed by atoms with Gasteiger partial charge in [-0.1, -0.05) is 19.8 Å². The molecule has 0 aromatic carbocycles. The van der Waals surface area contributed by atoms with Crippen LogP contribution in [-0.2, 0) is 4.79 Å². The Morgan fingerprint density at radius 1 is 1.56 bits per heavy atom. The van der Waals surface area contributed by atoms with Crippen LogP contribution in [0.25, 0.3) is 10.2 Å². The zero-order valence-corrected chi connectivity index (χ0v) is 11.0. The molecule has 0 aliphatic heterocycles. The molecule has 0 saturated heterocycles. The third-order valence-corrected chi connectivity index (χ3v) is 3.75. The summed E-state index contributed by atoms with van der Waals surface area (Å²) in [5.41, 5.74) is 1.77. The molecular formula is C13H16N2O2S. The number of rotatable bonds is 6. The lowest BCUT2D eigenvalue weighted by molar-refractivity contribution is -0.138. The number of anilines is 1. The second-order valence-corrected chi connectivity index (χ2v) is 5.09. The summed E-state index contributed by atoms with van der Waals surface area (Å²) < 4.78 is 1.01. The molecule has 96 valence electrons. The zero-order valence-electron chi connectivity index (χ0n) is 10.2. The minimum atomic E-state index is -0.801. The summed E-state index contributed by atoms with van der Waals surface area (Å²) >= 11 is 1.57. The van der Waals surface area contributed by atoms with Crippen molar-refractivity contribution in [2.75, 3.05) is 5.32 Å². The Hall–Kier alpha value is -1.62. The van der Waals surface area contributed by atoms with E-state index in [1.807, 2.05) is 17.5 Å². The number of aromatic nitrogens is 1. The van der Waals surface area contributed by atoms with E-state index in [0.717, 1.165) is 28.7 Å². The minimum Gasteiger partial charge on any atom is -0.480 e. The molecule has 0 spiro atoms. The summed E-state index contributed by atoms with van der Waals surface area (Å²) in [5, 5.41) is 14.3. The monoisotopic (exact) mass is 264 g/mol. The number of hydrogen-bond acceptors (Lipinski definition) is 4. The van der Waals surface area contributed by atoms with Crippen LogP contribution in [0.1, 0.15) is 26.2 Å². The van der Waals surface area contributed by atoms with Crippen LogP contribution in [0.2, 0.25) is 0 Å². The SMILES string of the molecule is CCCC[C@H](Nc1ccnc2ccsc12)C(=O)O. The maximum absolute atomic E-state index is 11.2. The lowest BCUT2D eigenvalue weighted by atomic mass is 10.1. The number of nitrogens with zero attached hydrogens (tertiary/aromatic N) is 1. The highest BCUT2D eigenvalue weighted by atomic mass is 32.1. The van der Waals surface area contributed by atoms with Gasteiger partial charge in [-0.25, -0.2) is 4.79 Å². The van der Waals surface area contributed by atoms with E-state index in [1.54, 1.807) is 17.5 Å². The van der Waals surface area contributed by atoms with Gasteiger partial charge in [0.1, 0.15) is 6.04 Å². The fraction of sp³-hybridized carbons (Fsp3) is 0.385. The third kappa shape index (κ3) is 2.79. The van der Waals surface area contributed by atoms with Crippen LogP contribution in [0.15, 0.2) is 23.7 Å². The first-order valence-corrected chi connectivity index (χ1v) is 6.92. The molecule has 2 aromatic rings. The largest absolute Gasteiger partial charge is 0.480 e. The Morgan fingerprint density at radius 2 is 2.39 bits per heavy atom. The fourth-order valence-corrected chi connectivity index (χ4v) is 2.67. The first kappa shape index (κ1) is 12.8. The number of fused-ring (bicyclic) bond motifs is 1. The number of carbonyl (C=O) groups is 1. The van der Waals surface area contributed by atoms with Crippen LogP contribution in [0.4, 0.5) is 5.69 Å².